The molecule has 0 aliphatic rings. The highest BCUT2D eigenvalue weighted by Gasteiger charge is 2.32. The smallest absolute Gasteiger partial charge is 0.325 e. The second-order valence-corrected chi connectivity index (χ2v) is 4.41. The fourth-order valence-corrected chi connectivity index (χ4v) is 1.97. The summed E-state index contributed by atoms with van der Waals surface area (Å²) >= 11 is 0. The van der Waals surface area contributed by atoms with Gasteiger partial charge in [-0.05, 0) is 40.3 Å². The van der Waals surface area contributed by atoms with E-state index in [1.807, 2.05) is 0 Å². The van der Waals surface area contributed by atoms with Gasteiger partial charge in [-0.2, -0.15) is 0 Å². The summed E-state index contributed by atoms with van der Waals surface area (Å²) in [5, 5.41) is 0. The molecule has 0 spiro atoms. The van der Waals surface area contributed by atoms with Crippen LogP contribution in [0.5, 0.6) is 0 Å². The summed E-state index contributed by atoms with van der Waals surface area (Å²) < 4.78 is 4.97. The molecule has 0 aromatic heterocycles. The zero-order chi connectivity index (χ0) is 12.8. The van der Waals surface area contributed by atoms with E-state index in [9.17, 15) is 4.79 Å². The molecule has 0 fully saturated rings. The van der Waals surface area contributed by atoms with Crippen molar-refractivity contribution < 1.29 is 9.53 Å². The quantitative estimate of drug-likeness (QED) is 0.671. The van der Waals surface area contributed by atoms with Crippen molar-refractivity contribution in [2.45, 2.75) is 52.6 Å². The second kappa shape index (κ2) is 6.86. The van der Waals surface area contributed by atoms with Crippen LogP contribution in [0.4, 0.5) is 0 Å². The second-order valence-electron chi connectivity index (χ2n) is 4.41. The molecule has 96 valence electrons. The van der Waals surface area contributed by atoms with Gasteiger partial charge < -0.3 is 15.4 Å². The van der Waals surface area contributed by atoms with Gasteiger partial charge in [0.15, 0.2) is 0 Å². The van der Waals surface area contributed by atoms with Crippen molar-refractivity contribution in [2.24, 2.45) is 5.73 Å². The van der Waals surface area contributed by atoms with Gasteiger partial charge in [-0.3, -0.25) is 4.79 Å². The van der Waals surface area contributed by atoms with Crippen LogP contribution in [0.25, 0.3) is 0 Å². The summed E-state index contributed by atoms with van der Waals surface area (Å²) in [4.78, 5) is 13.9. The summed E-state index contributed by atoms with van der Waals surface area (Å²) in [6.45, 7) is 12.2. The highest BCUT2D eigenvalue weighted by Crippen LogP contribution is 2.15. The van der Waals surface area contributed by atoms with Crippen LogP contribution < -0.4 is 5.73 Å². The van der Waals surface area contributed by atoms with E-state index in [0.717, 1.165) is 13.1 Å². The van der Waals surface area contributed by atoms with Crippen molar-refractivity contribution in [1.82, 2.24) is 4.90 Å². The number of carbonyl (C=O) groups is 1. The van der Waals surface area contributed by atoms with Crippen LogP contribution in [0.15, 0.2) is 0 Å². The van der Waals surface area contributed by atoms with E-state index in [2.05, 4.69) is 25.7 Å². The summed E-state index contributed by atoms with van der Waals surface area (Å²) in [6, 6.07) is 0.286. The van der Waals surface area contributed by atoms with Crippen LogP contribution in [0, 0.1) is 0 Å². The summed E-state index contributed by atoms with van der Waals surface area (Å²) in [5.41, 5.74) is 5.10. The number of esters is 1. The minimum atomic E-state index is -0.891. The monoisotopic (exact) mass is 230 g/mol. The molecule has 4 heteroatoms. The molecule has 0 aromatic rings. The fourth-order valence-electron chi connectivity index (χ4n) is 1.97. The minimum Gasteiger partial charge on any atom is -0.465 e. The van der Waals surface area contributed by atoms with Crippen molar-refractivity contribution in [1.29, 1.82) is 0 Å². The first kappa shape index (κ1) is 15.4. The van der Waals surface area contributed by atoms with Crippen LogP contribution >= 0.6 is 0 Å². The van der Waals surface area contributed by atoms with E-state index in [4.69, 9.17) is 10.5 Å². The Balaban J connectivity index is 4.39. The van der Waals surface area contributed by atoms with Crippen LogP contribution in [0.2, 0.25) is 0 Å². The van der Waals surface area contributed by atoms with Gasteiger partial charge in [-0.15, -0.1) is 0 Å². The number of rotatable bonds is 7. The zero-order valence-corrected chi connectivity index (χ0v) is 11.2. The van der Waals surface area contributed by atoms with Gasteiger partial charge in [0.1, 0.15) is 5.54 Å². The molecule has 0 aliphatic carbocycles. The van der Waals surface area contributed by atoms with Gasteiger partial charge in [0.2, 0.25) is 0 Å². The maximum Gasteiger partial charge on any atom is 0.325 e. The molecular formula is C12H26N2O2. The molecule has 4 nitrogen and oxygen atoms in total. The molecule has 0 saturated carbocycles. The molecule has 2 atom stereocenters. The van der Waals surface area contributed by atoms with E-state index in [-0.39, 0.29) is 12.0 Å². The topological polar surface area (TPSA) is 55.6 Å². The van der Waals surface area contributed by atoms with Gasteiger partial charge >= 0.3 is 5.97 Å². The average Bonchev–Trinajstić information content (AvgIpc) is 2.19. The fraction of sp³-hybridized carbons (Fsp3) is 0.917. The standard InChI is InChI=1S/C12H26N2O2/c1-6-14(7-2)10(4)9-12(5,13)11(15)16-8-3/h10H,6-9,13H2,1-5H3. The average molecular weight is 230 g/mol. The lowest BCUT2D eigenvalue weighted by atomic mass is 9.94. The third kappa shape index (κ3) is 4.49. The van der Waals surface area contributed by atoms with E-state index >= 15 is 0 Å². The molecule has 0 bridgehead atoms. The van der Waals surface area contributed by atoms with Crippen molar-refractivity contribution in [3.05, 3.63) is 0 Å². The molecule has 2 N–H and O–H groups in total. The van der Waals surface area contributed by atoms with Crippen molar-refractivity contribution in [2.75, 3.05) is 19.7 Å². The van der Waals surface area contributed by atoms with E-state index in [0.29, 0.717) is 13.0 Å². The molecule has 0 heterocycles. The Bertz CT molecular complexity index is 213. The SMILES string of the molecule is CCOC(=O)C(C)(N)CC(C)N(CC)CC. The Morgan fingerprint density at radius 2 is 1.88 bits per heavy atom. The largest absolute Gasteiger partial charge is 0.465 e. The van der Waals surface area contributed by atoms with Crippen LogP contribution in [-0.4, -0.2) is 42.1 Å². The molecule has 0 aromatic carbocycles. The Morgan fingerprint density at radius 1 is 1.38 bits per heavy atom. The molecule has 0 aliphatic heterocycles. The van der Waals surface area contributed by atoms with E-state index in [1.54, 1.807) is 13.8 Å². The predicted octanol–water partition coefficient (Wildman–Crippen LogP) is 1.39. The third-order valence-corrected chi connectivity index (χ3v) is 2.90. The lowest BCUT2D eigenvalue weighted by Crippen LogP contribution is -2.51. The summed E-state index contributed by atoms with van der Waals surface area (Å²) in [7, 11) is 0. The van der Waals surface area contributed by atoms with Crippen LogP contribution in [-0.2, 0) is 9.53 Å². The Kier molecular flexibility index (Phi) is 6.60. The van der Waals surface area contributed by atoms with Crippen molar-refractivity contribution >= 4 is 5.97 Å². The van der Waals surface area contributed by atoms with Gasteiger partial charge in [0.05, 0.1) is 6.61 Å². The first-order valence-electron chi connectivity index (χ1n) is 6.09. The first-order chi connectivity index (χ1) is 7.38. The maximum absolute atomic E-state index is 11.6. The highest BCUT2D eigenvalue weighted by atomic mass is 16.5. The summed E-state index contributed by atoms with van der Waals surface area (Å²) in [5.74, 6) is -0.311. The normalized spacial score (nSPS) is 16.9. The zero-order valence-electron chi connectivity index (χ0n) is 11.2. The molecule has 16 heavy (non-hydrogen) atoms. The van der Waals surface area contributed by atoms with Crippen molar-refractivity contribution in [3.8, 4) is 0 Å². The molecule has 0 amide bonds. The van der Waals surface area contributed by atoms with Gasteiger partial charge in [-0.25, -0.2) is 0 Å². The van der Waals surface area contributed by atoms with Gasteiger partial charge in [0.25, 0.3) is 0 Å². The van der Waals surface area contributed by atoms with Crippen LogP contribution in [0.1, 0.15) is 41.0 Å². The molecule has 2 unspecified atom stereocenters. The van der Waals surface area contributed by atoms with E-state index < -0.39 is 5.54 Å². The lowest BCUT2D eigenvalue weighted by molar-refractivity contribution is -0.149. The Labute approximate surface area is 99.1 Å². The molecule has 0 rings (SSSR count). The molecular weight excluding hydrogens is 204 g/mol. The highest BCUT2D eigenvalue weighted by molar-refractivity contribution is 5.80. The van der Waals surface area contributed by atoms with Gasteiger partial charge in [-0.1, -0.05) is 13.8 Å². The Morgan fingerprint density at radius 3 is 2.25 bits per heavy atom. The van der Waals surface area contributed by atoms with E-state index in [1.165, 1.54) is 0 Å². The Hall–Kier alpha value is -0.610. The first-order valence-corrected chi connectivity index (χ1v) is 6.09. The third-order valence-electron chi connectivity index (χ3n) is 2.90. The molecule has 0 radical (unpaired) electrons. The number of ether oxygens (including phenoxy) is 1. The van der Waals surface area contributed by atoms with Crippen LogP contribution in [0.3, 0.4) is 0 Å². The number of nitrogens with two attached hydrogens (primary N) is 1. The minimum absolute atomic E-state index is 0.286. The number of nitrogens with zero attached hydrogens (tertiary/aromatic N) is 1. The number of carbonyl (C=O) groups excluding carboxylic acids is 1. The molecule has 0 saturated heterocycles. The predicted molar refractivity (Wildman–Crippen MR) is 66.2 cm³/mol. The number of hydrogen-bond donors (Lipinski definition) is 1. The van der Waals surface area contributed by atoms with Gasteiger partial charge in [0, 0.05) is 6.04 Å². The maximum atomic E-state index is 11.6. The summed E-state index contributed by atoms with van der Waals surface area (Å²) in [6.07, 6.45) is 0.619. The van der Waals surface area contributed by atoms with Crippen molar-refractivity contribution in [3.63, 3.8) is 0 Å². The number of hydrogen-bond acceptors (Lipinski definition) is 4. The lowest BCUT2D eigenvalue weighted by Gasteiger charge is -2.32.